The molecule has 0 unspecified atom stereocenters. The van der Waals surface area contributed by atoms with E-state index in [-0.39, 0.29) is 23.9 Å². The number of aryl methyl sites for hydroxylation is 1. The molecule has 5 N–H and O–H groups in total. The van der Waals surface area contributed by atoms with Crippen molar-refractivity contribution in [2.75, 3.05) is 11.1 Å². The van der Waals surface area contributed by atoms with Crippen LogP contribution in [0.1, 0.15) is 11.1 Å². The van der Waals surface area contributed by atoms with Crippen LogP contribution in [0.2, 0.25) is 0 Å². The van der Waals surface area contributed by atoms with E-state index in [1.807, 2.05) is 25.1 Å². The Hall–Kier alpha value is -2.07. The summed E-state index contributed by atoms with van der Waals surface area (Å²) >= 11 is 0. The van der Waals surface area contributed by atoms with Crippen LogP contribution in [0.4, 0.5) is 11.4 Å². The van der Waals surface area contributed by atoms with Crippen molar-refractivity contribution in [2.45, 2.75) is 13.5 Å². The summed E-state index contributed by atoms with van der Waals surface area (Å²) in [5.41, 5.74) is 9.03. The van der Waals surface area contributed by atoms with Crippen LogP contribution in [-0.2, 0) is 6.54 Å². The fourth-order valence-corrected chi connectivity index (χ4v) is 1.79. The van der Waals surface area contributed by atoms with Gasteiger partial charge in [-0.25, -0.2) is 0 Å². The van der Waals surface area contributed by atoms with Crippen molar-refractivity contribution < 1.29 is 10.2 Å². The summed E-state index contributed by atoms with van der Waals surface area (Å²) in [4.78, 5) is 0. The lowest BCUT2D eigenvalue weighted by atomic mass is 10.1. The van der Waals surface area contributed by atoms with Gasteiger partial charge in [-0.2, -0.15) is 0 Å². The fourth-order valence-electron chi connectivity index (χ4n) is 1.79. The average molecular weight is 281 g/mol. The molecular weight excluding hydrogens is 264 g/mol. The van der Waals surface area contributed by atoms with Gasteiger partial charge >= 0.3 is 0 Å². The molecule has 0 amide bonds. The number of phenolic OH excluding ortho intramolecular Hbond substituents is 2. The van der Waals surface area contributed by atoms with Crippen molar-refractivity contribution in [1.82, 2.24) is 0 Å². The van der Waals surface area contributed by atoms with E-state index in [9.17, 15) is 10.2 Å². The highest BCUT2D eigenvalue weighted by Gasteiger charge is 2.04. The minimum absolute atomic E-state index is 0. The van der Waals surface area contributed by atoms with Gasteiger partial charge in [0.1, 0.15) is 11.5 Å². The zero-order valence-corrected chi connectivity index (χ0v) is 11.4. The zero-order valence-electron chi connectivity index (χ0n) is 10.6. The van der Waals surface area contributed by atoms with Gasteiger partial charge < -0.3 is 21.3 Å². The Morgan fingerprint density at radius 1 is 1.11 bits per heavy atom. The highest BCUT2D eigenvalue weighted by molar-refractivity contribution is 5.85. The molecule has 0 heterocycles. The maximum Gasteiger partial charge on any atom is 0.120 e. The third-order valence-electron chi connectivity index (χ3n) is 2.78. The molecule has 0 aromatic heterocycles. The van der Waals surface area contributed by atoms with Crippen LogP contribution in [0.5, 0.6) is 11.5 Å². The molecule has 2 aromatic rings. The second-order valence-corrected chi connectivity index (χ2v) is 4.24. The molecule has 19 heavy (non-hydrogen) atoms. The lowest BCUT2D eigenvalue weighted by molar-refractivity contribution is 0.455. The van der Waals surface area contributed by atoms with E-state index in [4.69, 9.17) is 5.73 Å². The SMILES string of the molecule is Cc1cc(N)ccc1NCc1cc(O)ccc1O.Cl. The number of hydrogen-bond donors (Lipinski definition) is 4. The van der Waals surface area contributed by atoms with Crippen LogP contribution >= 0.6 is 12.4 Å². The molecule has 0 spiro atoms. The van der Waals surface area contributed by atoms with Crippen molar-refractivity contribution in [1.29, 1.82) is 0 Å². The molecule has 4 nitrogen and oxygen atoms in total. The number of anilines is 2. The summed E-state index contributed by atoms with van der Waals surface area (Å²) < 4.78 is 0. The van der Waals surface area contributed by atoms with Crippen molar-refractivity contribution in [3.63, 3.8) is 0 Å². The summed E-state index contributed by atoms with van der Waals surface area (Å²) in [6, 6.07) is 10.1. The van der Waals surface area contributed by atoms with Crippen molar-refractivity contribution in [2.24, 2.45) is 0 Å². The van der Waals surface area contributed by atoms with E-state index in [1.54, 1.807) is 0 Å². The molecule has 0 saturated carbocycles. The molecule has 102 valence electrons. The number of aromatic hydroxyl groups is 2. The van der Waals surface area contributed by atoms with Gasteiger partial charge in [0.25, 0.3) is 0 Å². The largest absolute Gasteiger partial charge is 0.508 e. The van der Waals surface area contributed by atoms with Gasteiger partial charge in [0.05, 0.1) is 0 Å². The monoisotopic (exact) mass is 280 g/mol. The third-order valence-corrected chi connectivity index (χ3v) is 2.78. The Morgan fingerprint density at radius 2 is 1.84 bits per heavy atom. The van der Waals surface area contributed by atoms with Gasteiger partial charge in [0.15, 0.2) is 0 Å². The molecule has 0 aliphatic rings. The number of halogens is 1. The molecule has 2 aromatic carbocycles. The zero-order chi connectivity index (χ0) is 13.1. The number of nitrogens with two attached hydrogens (primary N) is 1. The smallest absolute Gasteiger partial charge is 0.120 e. The molecule has 0 bridgehead atoms. The van der Waals surface area contributed by atoms with E-state index in [2.05, 4.69) is 5.32 Å². The highest BCUT2D eigenvalue weighted by atomic mass is 35.5. The molecule has 0 fully saturated rings. The number of rotatable bonds is 3. The Kier molecular flexibility index (Phi) is 4.89. The summed E-state index contributed by atoms with van der Waals surface area (Å²) in [5, 5.41) is 22.2. The quantitative estimate of drug-likeness (QED) is 0.515. The molecule has 0 atom stereocenters. The molecule has 0 aliphatic carbocycles. The van der Waals surface area contributed by atoms with Crippen molar-refractivity contribution >= 4 is 23.8 Å². The Balaban J connectivity index is 0.00000180. The van der Waals surface area contributed by atoms with Crippen LogP contribution in [0.25, 0.3) is 0 Å². The molecule has 2 rings (SSSR count). The van der Waals surface area contributed by atoms with Crippen LogP contribution < -0.4 is 11.1 Å². The Bertz CT molecular complexity index is 573. The molecule has 0 aliphatic heterocycles. The van der Waals surface area contributed by atoms with Gasteiger partial charge in [-0.1, -0.05) is 0 Å². The maximum absolute atomic E-state index is 9.66. The van der Waals surface area contributed by atoms with Crippen LogP contribution in [0, 0.1) is 6.92 Å². The predicted molar refractivity (Wildman–Crippen MR) is 79.9 cm³/mol. The Morgan fingerprint density at radius 3 is 2.53 bits per heavy atom. The van der Waals surface area contributed by atoms with Gasteiger partial charge in [-0.05, 0) is 48.9 Å². The first-order valence-electron chi connectivity index (χ1n) is 5.67. The van der Waals surface area contributed by atoms with Gasteiger partial charge in [-0.15, -0.1) is 12.4 Å². The topological polar surface area (TPSA) is 78.5 Å². The number of nitrogens with one attached hydrogen (secondary N) is 1. The molecule has 5 heteroatoms. The summed E-state index contributed by atoms with van der Waals surface area (Å²) in [5.74, 6) is 0.298. The highest BCUT2D eigenvalue weighted by Crippen LogP contribution is 2.24. The Labute approximate surface area is 118 Å². The van der Waals surface area contributed by atoms with E-state index in [0.717, 1.165) is 16.9 Å². The van der Waals surface area contributed by atoms with E-state index >= 15 is 0 Å². The van der Waals surface area contributed by atoms with Gasteiger partial charge in [0.2, 0.25) is 0 Å². The second kappa shape index (κ2) is 6.20. The van der Waals surface area contributed by atoms with E-state index in [1.165, 1.54) is 18.2 Å². The van der Waals surface area contributed by atoms with Crippen LogP contribution in [0.15, 0.2) is 36.4 Å². The molecule has 0 radical (unpaired) electrons. The normalized spacial score (nSPS) is 9.74. The average Bonchev–Trinajstić information content (AvgIpc) is 2.32. The number of nitrogen functional groups attached to an aromatic ring is 1. The minimum Gasteiger partial charge on any atom is -0.508 e. The summed E-state index contributed by atoms with van der Waals surface area (Å²) in [6.07, 6.45) is 0. The first kappa shape index (κ1) is 15.0. The van der Waals surface area contributed by atoms with Crippen molar-refractivity contribution in [3.8, 4) is 11.5 Å². The number of benzene rings is 2. The molecular formula is C14H17ClN2O2. The molecule has 0 saturated heterocycles. The van der Waals surface area contributed by atoms with E-state index < -0.39 is 0 Å². The number of hydrogen-bond acceptors (Lipinski definition) is 4. The first-order chi connectivity index (χ1) is 8.56. The van der Waals surface area contributed by atoms with E-state index in [0.29, 0.717) is 12.1 Å². The van der Waals surface area contributed by atoms with Crippen LogP contribution in [0.3, 0.4) is 0 Å². The number of phenols is 2. The fraction of sp³-hybridized carbons (Fsp3) is 0.143. The lowest BCUT2D eigenvalue weighted by Gasteiger charge is -2.11. The first-order valence-corrected chi connectivity index (χ1v) is 5.67. The van der Waals surface area contributed by atoms with Gasteiger partial charge in [0, 0.05) is 23.5 Å². The predicted octanol–water partition coefficient (Wildman–Crippen LogP) is 3.02. The van der Waals surface area contributed by atoms with Gasteiger partial charge in [-0.3, -0.25) is 0 Å². The second-order valence-electron chi connectivity index (χ2n) is 4.24. The standard InChI is InChI=1S/C14H16N2O2.ClH/c1-9-6-11(15)2-4-13(9)16-8-10-7-12(17)3-5-14(10)18;/h2-7,16-18H,8,15H2,1H3;1H. The maximum atomic E-state index is 9.66. The van der Waals surface area contributed by atoms with Crippen LogP contribution in [-0.4, -0.2) is 10.2 Å². The lowest BCUT2D eigenvalue weighted by Crippen LogP contribution is -2.01. The summed E-state index contributed by atoms with van der Waals surface area (Å²) in [6.45, 7) is 2.39. The minimum atomic E-state index is 0. The summed E-state index contributed by atoms with van der Waals surface area (Å²) in [7, 11) is 0. The van der Waals surface area contributed by atoms with Crippen molar-refractivity contribution in [3.05, 3.63) is 47.5 Å². The third kappa shape index (κ3) is 3.69.